The average molecular weight is 241 g/mol. The minimum absolute atomic E-state index is 0.256. The second kappa shape index (κ2) is 4.84. The Balaban J connectivity index is 2.01. The van der Waals surface area contributed by atoms with Gasteiger partial charge in [-0.2, -0.15) is 0 Å². The van der Waals surface area contributed by atoms with E-state index in [-0.39, 0.29) is 6.04 Å². The molecule has 90 valence electrons. The van der Waals surface area contributed by atoms with Gasteiger partial charge in [0.05, 0.1) is 18.8 Å². The molecule has 1 aliphatic rings. The summed E-state index contributed by atoms with van der Waals surface area (Å²) in [7, 11) is 0. The fourth-order valence-corrected chi connectivity index (χ4v) is 2.98. The number of hydrogen-bond donors (Lipinski definition) is 2. The zero-order chi connectivity index (χ0) is 11.6. The summed E-state index contributed by atoms with van der Waals surface area (Å²) in [4.78, 5) is 2.28. The standard InChI is InChI=1S/C12H19NO2S/c1-9-3-4-11(16-9)12(2,14)7-10-8-15-6-5-13-10/h3-4,10,13-14H,5-8H2,1-2H3. The molecule has 0 aliphatic carbocycles. The Labute approximate surface area is 100 Å². The lowest BCUT2D eigenvalue weighted by molar-refractivity contribution is 0.00549. The smallest absolute Gasteiger partial charge is 0.0975 e. The Morgan fingerprint density at radius 1 is 1.62 bits per heavy atom. The first kappa shape index (κ1) is 12.0. The van der Waals surface area contributed by atoms with E-state index in [1.54, 1.807) is 11.3 Å². The van der Waals surface area contributed by atoms with Crippen molar-refractivity contribution >= 4 is 11.3 Å². The van der Waals surface area contributed by atoms with Crippen molar-refractivity contribution < 1.29 is 9.84 Å². The highest BCUT2D eigenvalue weighted by Crippen LogP contribution is 2.31. The van der Waals surface area contributed by atoms with E-state index in [4.69, 9.17) is 4.74 Å². The number of aryl methyl sites for hydroxylation is 1. The highest BCUT2D eigenvalue weighted by molar-refractivity contribution is 7.12. The molecule has 1 aromatic heterocycles. The maximum Gasteiger partial charge on any atom is 0.0975 e. The van der Waals surface area contributed by atoms with Crippen molar-refractivity contribution in [2.24, 2.45) is 0 Å². The lowest BCUT2D eigenvalue weighted by Crippen LogP contribution is -2.44. The van der Waals surface area contributed by atoms with E-state index >= 15 is 0 Å². The Morgan fingerprint density at radius 2 is 2.44 bits per heavy atom. The van der Waals surface area contributed by atoms with Crippen LogP contribution in [-0.2, 0) is 10.3 Å². The number of rotatable bonds is 3. The van der Waals surface area contributed by atoms with Gasteiger partial charge in [-0.25, -0.2) is 0 Å². The van der Waals surface area contributed by atoms with Crippen molar-refractivity contribution in [1.29, 1.82) is 0 Å². The van der Waals surface area contributed by atoms with Crippen LogP contribution in [0.3, 0.4) is 0 Å². The molecule has 3 nitrogen and oxygen atoms in total. The van der Waals surface area contributed by atoms with Gasteiger partial charge in [0.2, 0.25) is 0 Å². The monoisotopic (exact) mass is 241 g/mol. The molecular formula is C12H19NO2S. The fourth-order valence-electron chi connectivity index (χ4n) is 2.06. The topological polar surface area (TPSA) is 41.5 Å². The Kier molecular flexibility index (Phi) is 3.64. The van der Waals surface area contributed by atoms with Crippen molar-refractivity contribution in [2.75, 3.05) is 19.8 Å². The molecule has 1 fully saturated rings. The molecule has 2 unspecified atom stereocenters. The first-order chi connectivity index (χ1) is 7.58. The van der Waals surface area contributed by atoms with Crippen LogP contribution in [-0.4, -0.2) is 30.9 Å². The molecule has 0 saturated carbocycles. The summed E-state index contributed by atoms with van der Waals surface area (Å²) in [5, 5.41) is 13.8. The van der Waals surface area contributed by atoms with Gasteiger partial charge in [-0.05, 0) is 32.4 Å². The third-order valence-corrected chi connectivity index (χ3v) is 4.17. The van der Waals surface area contributed by atoms with Crippen LogP contribution in [0.25, 0.3) is 0 Å². The average Bonchev–Trinajstić information content (AvgIpc) is 2.66. The molecule has 0 spiro atoms. The van der Waals surface area contributed by atoms with Gasteiger partial charge < -0.3 is 15.2 Å². The summed E-state index contributed by atoms with van der Waals surface area (Å²) in [5.41, 5.74) is -0.753. The summed E-state index contributed by atoms with van der Waals surface area (Å²) in [6, 6.07) is 4.33. The van der Waals surface area contributed by atoms with Crippen molar-refractivity contribution in [3.63, 3.8) is 0 Å². The number of thiophene rings is 1. The lowest BCUT2D eigenvalue weighted by atomic mass is 9.95. The van der Waals surface area contributed by atoms with Gasteiger partial charge in [0.15, 0.2) is 0 Å². The molecule has 2 N–H and O–H groups in total. The summed E-state index contributed by atoms with van der Waals surface area (Å²) in [5.74, 6) is 0. The van der Waals surface area contributed by atoms with Gasteiger partial charge in [-0.1, -0.05) is 0 Å². The third-order valence-electron chi connectivity index (χ3n) is 2.91. The predicted molar refractivity (Wildman–Crippen MR) is 65.9 cm³/mol. The SMILES string of the molecule is Cc1ccc(C(C)(O)CC2COCCN2)s1. The van der Waals surface area contributed by atoms with Crippen LogP contribution in [0, 0.1) is 6.92 Å². The van der Waals surface area contributed by atoms with Gasteiger partial charge in [0.25, 0.3) is 0 Å². The quantitative estimate of drug-likeness (QED) is 0.845. The first-order valence-corrected chi connectivity index (χ1v) is 6.50. The molecule has 4 heteroatoms. The largest absolute Gasteiger partial charge is 0.385 e. The molecule has 0 bridgehead atoms. The number of hydrogen-bond acceptors (Lipinski definition) is 4. The maximum atomic E-state index is 10.5. The fraction of sp³-hybridized carbons (Fsp3) is 0.667. The van der Waals surface area contributed by atoms with Gasteiger partial charge >= 0.3 is 0 Å². The number of ether oxygens (including phenoxy) is 1. The van der Waals surface area contributed by atoms with Gasteiger partial charge in [0, 0.05) is 22.3 Å². The molecule has 0 radical (unpaired) electrons. The normalized spacial score (nSPS) is 25.3. The summed E-state index contributed by atoms with van der Waals surface area (Å²) < 4.78 is 5.40. The molecule has 2 heterocycles. The predicted octanol–water partition coefficient (Wildman–Crippen LogP) is 1.64. The molecule has 1 saturated heterocycles. The summed E-state index contributed by atoms with van der Waals surface area (Å²) in [6.45, 7) is 6.29. The number of nitrogens with one attached hydrogen (secondary N) is 1. The lowest BCUT2D eigenvalue weighted by Gasteiger charge is -2.30. The second-order valence-corrected chi connectivity index (χ2v) is 5.90. The van der Waals surface area contributed by atoms with Crippen LogP contribution in [0.1, 0.15) is 23.1 Å². The van der Waals surface area contributed by atoms with Crippen LogP contribution in [0.5, 0.6) is 0 Å². The zero-order valence-corrected chi connectivity index (χ0v) is 10.6. The maximum absolute atomic E-state index is 10.5. The van der Waals surface area contributed by atoms with Crippen molar-refractivity contribution in [2.45, 2.75) is 31.9 Å². The molecule has 1 aliphatic heterocycles. The molecule has 2 rings (SSSR count). The Bertz CT molecular complexity index is 343. The van der Waals surface area contributed by atoms with Crippen molar-refractivity contribution in [3.8, 4) is 0 Å². The van der Waals surface area contributed by atoms with E-state index in [1.807, 2.05) is 13.0 Å². The molecule has 0 aromatic carbocycles. The van der Waals surface area contributed by atoms with Crippen LogP contribution in [0.4, 0.5) is 0 Å². The van der Waals surface area contributed by atoms with Crippen molar-refractivity contribution in [1.82, 2.24) is 5.32 Å². The third kappa shape index (κ3) is 2.83. The van der Waals surface area contributed by atoms with Crippen LogP contribution < -0.4 is 5.32 Å². The van der Waals surface area contributed by atoms with Crippen LogP contribution >= 0.6 is 11.3 Å². The van der Waals surface area contributed by atoms with Crippen LogP contribution in [0.2, 0.25) is 0 Å². The van der Waals surface area contributed by atoms with E-state index in [9.17, 15) is 5.11 Å². The van der Waals surface area contributed by atoms with Gasteiger partial charge in [0.1, 0.15) is 0 Å². The minimum atomic E-state index is -0.753. The zero-order valence-electron chi connectivity index (χ0n) is 9.82. The first-order valence-electron chi connectivity index (χ1n) is 5.68. The van der Waals surface area contributed by atoms with E-state index in [1.165, 1.54) is 4.88 Å². The highest BCUT2D eigenvalue weighted by Gasteiger charge is 2.29. The molecular weight excluding hydrogens is 222 g/mol. The van der Waals surface area contributed by atoms with Crippen LogP contribution in [0.15, 0.2) is 12.1 Å². The molecule has 0 amide bonds. The van der Waals surface area contributed by atoms with Gasteiger partial charge in [-0.3, -0.25) is 0 Å². The number of morpholine rings is 1. The van der Waals surface area contributed by atoms with Crippen molar-refractivity contribution in [3.05, 3.63) is 21.9 Å². The Morgan fingerprint density at radius 3 is 3.00 bits per heavy atom. The summed E-state index contributed by atoms with van der Waals surface area (Å²) in [6.07, 6.45) is 0.701. The number of aliphatic hydroxyl groups is 1. The molecule has 1 aromatic rings. The highest BCUT2D eigenvalue weighted by atomic mass is 32.1. The van der Waals surface area contributed by atoms with E-state index in [0.29, 0.717) is 13.0 Å². The van der Waals surface area contributed by atoms with E-state index in [2.05, 4.69) is 18.3 Å². The van der Waals surface area contributed by atoms with E-state index in [0.717, 1.165) is 18.0 Å². The minimum Gasteiger partial charge on any atom is -0.385 e. The second-order valence-electron chi connectivity index (χ2n) is 4.61. The Hall–Kier alpha value is -0.420. The van der Waals surface area contributed by atoms with Gasteiger partial charge in [-0.15, -0.1) is 11.3 Å². The van der Waals surface area contributed by atoms with E-state index < -0.39 is 5.60 Å². The summed E-state index contributed by atoms with van der Waals surface area (Å²) >= 11 is 1.66. The molecule has 2 atom stereocenters. The molecule has 16 heavy (non-hydrogen) atoms.